The average Bonchev–Trinajstić information content (AvgIpc) is 2.37. The minimum Gasteiger partial charge on any atom is -0.299 e. The van der Waals surface area contributed by atoms with Crippen molar-refractivity contribution < 1.29 is 0 Å². The van der Waals surface area contributed by atoms with Crippen molar-refractivity contribution in [3.63, 3.8) is 0 Å². The van der Waals surface area contributed by atoms with Crippen molar-refractivity contribution in [2.24, 2.45) is 5.92 Å². The lowest BCUT2D eigenvalue weighted by Crippen LogP contribution is -2.13. The SMILES string of the molecule is CNP(C)CC1CCCC1I. The molecule has 0 aromatic heterocycles. The molecule has 0 bridgehead atoms. The Kier molecular flexibility index (Phi) is 4.62. The van der Waals surface area contributed by atoms with Gasteiger partial charge in [-0.2, -0.15) is 0 Å². The molecule has 1 fully saturated rings. The monoisotopic (exact) mass is 285 g/mol. The molecule has 0 aromatic carbocycles. The van der Waals surface area contributed by atoms with Crippen LogP contribution in [0.3, 0.4) is 0 Å². The summed E-state index contributed by atoms with van der Waals surface area (Å²) < 4.78 is 0.964. The Morgan fingerprint density at radius 2 is 2.27 bits per heavy atom. The predicted molar refractivity (Wildman–Crippen MR) is 61.9 cm³/mol. The van der Waals surface area contributed by atoms with Gasteiger partial charge in [0.2, 0.25) is 0 Å². The fourth-order valence-electron chi connectivity index (χ4n) is 1.64. The highest BCUT2D eigenvalue weighted by Gasteiger charge is 2.25. The molecule has 1 rings (SSSR count). The van der Waals surface area contributed by atoms with Crippen LogP contribution >= 0.6 is 30.7 Å². The van der Waals surface area contributed by atoms with E-state index in [0.717, 1.165) is 9.84 Å². The zero-order valence-corrected chi connectivity index (χ0v) is 10.4. The molecule has 0 radical (unpaired) electrons. The van der Waals surface area contributed by atoms with E-state index in [1.807, 2.05) is 0 Å². The Hall–Kier alpha value is 1.12. The van der Waals surface area contributed by atoms with E-state index in [9.17, 15) is 0 Å². The van der Waals surface area contributed by atoms with Crippen LogP contribution in [-0.2, 0) is 0 Å². The Balaban J connectivity index is 2.24. The highest BCUT2D eigenvalue weighted by Crippen LogP contribution is 2.39. The third-order valence-corrected chi connectivity index (χ3v) is 5.88. The lowest BCUT2D eigenvalue weighted by molar-refractivity contribution is 0.643. The van der Waals surface area contributed by atoms with Crippen LogP contribution in [0.5, 0.6) is 0 Å². The van der Waals surface area contributed by atoms with Gasteiger partial charge >= 0.3 is 0 Å². The van der Waals surface area contributed by atoms with Crippen molar-refractivity contribution in [2.75, 3.05) is 19.9 Å². The topological polar surface area (TPSA) is 12.0 Å². The summed E-state index contributed by atoms with van der Waals surface area (Å²) in [7, 11) is 2.22. The molecule has 3 atom stereocenters. The van der Waals surface area contributed by atoms with Crippen molar-refractivity contribution >= 4 is 30.7 Å². The maximum Gasteiger partial charge on any atom is 0.0142 e. The molecule has 1 aliphatic rings. The number of alkyl halides is 1. The molecule has 1 aliphatic carbocycles. The molecule has 3 heteroatoms. The van der Waals surface area contributed by atoms with Gasteiger partial charge in [0, 0.05) is 3.92 Å². The fourth-order valence-corrected chi connectivity index (χ4v) is 4.42. The summed E-state index contributed by atoms with van der Waals surface area (Å²) in [5.74, 6) is 1.01. The Labute approximate surface area is 84.7 Å². The second-order valence-corrected chi connectivity index (χ2v) is 7.12. The second kappa shape index (κ2) is 4.98. The molecule has 66 valence electrons. The molecule has 0 heterocycles. The third kappa shape index (κ3) is 3.16. The molecule has 0 aliphatic heterocycles. The summed E-state index contributed by atoms with van der Waals surface area (Å²) in [6.45, 7) is 2.34. The van der Waals surface area contributed by atoms with Crippen molar-refractivity contribution in [1.29, 1.82) is 0 Å². The van der Waals surface area contributed by atoms with Crippen molar-refractivity contribution in [1.82, 2.24) is 5.09 Å². The quantitative estimate of drug-likeness (QED) is 0.477. The average molecular weight is 285 g/mol. The van der Waals surface area contributed by atoms with Gasteiger partial charge in [0.1, 0.15) is 0 Å². The maximum atomic E-state index is 3.37. The van der Waals surface area contributed by atoms with Gasteiger partial charge in [0.15, 0.2) is 0 Å². The maximum absolute atomic E-state index is 3.37. The third-order valence-electron chi connectivity index (χ3n) is 2.46. The number of hydrogen-bond acceptors (Lipinski definition) is 1. The van der Waals surface area contributed by atoms with Gasteiger partial charge in [-0.05, 0) is 46.7 Å². The smallest absolute Gasteiger partial charge is 0.0142 e. The highest BCUT2D eigenvalue weighted by atomic mass is 127. The summed E-state index contributed by atoms with van der Waals surface area (Å²) in [6.07, 6.45) is 5.82. The molecule has 0 spiro atoms. The van der Waals surface area contributed by atoms with Crippen LogP contribution in [-0.4, -0.2) is 23.8 Å². The summed E-state index contributed by atoms with van der Waals surface area (Å²) in [4.78, 5) is 0. The molecule has 1 N–H and O–H groups in total. The number of rotatable bonds is 3. The Morgan fingerprint density at radius 1 is 1.55 bits per heavy atom. The van der Waals surface area contributed by atoms with E-state index in [-0.39, 0.29) is 8.07 Å². The van der Waals surface area contributed by atoms with E-state index in [1.165, 1.54) is 25.4 Å². The molecule has 1 saturated carbocycles. The number of halogens is 1. The van der Waals surface area contributed by atoms with E-state index >= 15 is 0 Å². The molecular formula is C8H17INP. The first-order valence-electron chi connectivity index (χ1n) is 4.26. The number of nitrogens with one attached hydrogen (secondary N) is 1. The largest absolute Gasteiger partial charge is 0.299 e. The second-order valence-electron chi connectivity index (χ2n) is 3.31. The molecular weight excluding hydrogens is 268 g/mol. The lowest BCUT2D eigenvalue weighted by atomic mass is 10.1. The van der Waals surface area contributed by atoms with E-state index in [2.05, 4.69) is 41.4 Å². The molecule has 1 nitrogen and oxygen atoms in total. The summed E-state index contributed by atoms with van der Waals surface area (Å²) in [6, 6.07) is 0. The van der Waals surface area contributed by atoms with Gasteiger partial charge in [-0.25, -0.2) is 0 Å². The molecule has 0 saturated heterocycles. The molecule has 0 aromatic rings. The van der Waals surface area contributed by atoms with Crippen LogP contribution in [0.15, 0.2) is 0 Å². The number of hydrogen-bond donors (Lipinski definition) is 1. The molecule has 0 amide bonds. The van der Waals surface area contributed by atoms with Crippen molar-refractivity contribution in [3.8, 4) is 0 Å². The van der Waals surface area contributed by atoms with Gasteiger partial charge in [0.25, 0.3) is 0 Å². The van der Waals surface area contributed by atoms with E-state index in [1.54, 1.807) is 0 Å². The van der Waals surface area contributed by atoms with Crippen LogP contribution in [0, 0.1) is 5.92 Å². The van der Waals surface area contributed by atoms with Gasteiger partial charge in [-0.15, -0.1) is 0 Å². The molecule has 11 heavy (non-hydrogen) atoms. The van der Waals surface area contributed by atoms with Gasteiger partial charge in [-0.3, -0.25) is 5.09 Å². The van der Waals surface area contributed by atoms with Gasteiger partial charge < -0.3 is 0 Å². The van der Waals surface area contributed by atoms with E-state index in [0.29, 0.717) is 0 Å². The van der Waals surface area contributed by atoms with Gasteiger partial charge in [-0.1, -0.05) is 29.0 Å². The first kappa shape index (κ1) is 10.2. The standard InChI is InChI=1S/C8H17INP/c1-10-11(2)6-7-4-3-5-8(7)9/h7-8,10H,3-6H2,1-2H3. The van der Waals surface area contributed by atoms with Crippen LogP contribution in [0.1, 0.15) is 19.3 Å². The van der Waals surface area contributed by atoms with Gasteiger partial charge in [0.05, 0.1) is 0 Å². The van der Waals surface area contributed by atoms with E-state index < -0.39 is 0 Å². The predicted octanol–water partition coefficient (Wildman–Crippen LogP) is 2.84. The Bertz CT molecular complexity index is 121. The summed E-state index contributed by atoms with van der Waals surface area (Å²) >= 11 is 2.63. The minimum atomic E-state index is 0.129. The fraction of sp³-hybridized carbons (Fsp3) is 1.00. The molecule has 3 unspecified atom stereocenters. The zero-order chi connectivity index (χ0) is 8.27. The van der Waals surface area contributed by atoms with Crippen LogP contribution in [0.25, 0.3) is 0 Å². The minimum absolute atomic E-state index is 0.129. The van der Waals surface area contributed by atoms with Crippen molar-refractivity contribution in [2.45, 2.75) is 23.2 Å². The summed E-state index contributed by atoms with van der Waals surface area (Å²) in [5.41, 5.74) is 0. The highest BCUT2D eigenvalue weighted by molar-refractivity contribution is 14.1. The van der Waals surface area contributed by atoms with Crippen LogP contribution in [0.2, 0.25) is 0 Å². The van der Waals surface area contributed by atoms with Crippen molar-refractivity contribution in [3.05, 3.63) is 0 Å². The lowest BCUT2D eigenvalue weighted by Gasteiger charge is -2.18. The Morgan fingerprint density at radius 3 is 2.73 bits per heavy atom. The van der Waals surface area contributed by atoms with Crippen LogP contribution < -0.4 is 5.09 Å². The first-order chi connectivity index (χ1) is 5.24. The van der Waals surface area contributed by atoms with Crippen LogP contribution in [0.4, 0.5) is 0 Å². The summed E-state index contributed by atoms with van der Waals surface area (Å²) in [5, 5.41) is 3.37. The first-order valence-corrected chi connectivity index (χ1v) is 7.48. The zero-order valence-electron chi connectivity index (χ0n) is 7.31. The van der Waals surface area contributed by atoms with E-state index in [4.69, 9.17) is 0 Å². The normalized spacial score (nSPS) is 34.1.